The number of thiocarbonyl (C=S) groups is 1. The van der Waals surface area contributed by atoms with Crippen LogP contribution in [0.3, 0.4) is 0 Å². The lowest BCUT2D eigenvalue weighted by molar-refractivity contribution is -0.134. The monoisotopic (exact) mass is 287 g/mol. The summed E-state index contributed by atoms with van der Waals surface area (Å²) in [6, 6.07) is -0.00150. The fraction of sp³-hybridized carbons (Fsp3) is 0.846. The van der Waals surface area contributed by atoms with E-state index >= 15 is 0 Å². The van der Waals surface area contributed by atoms with Crippen LogP contribution in [0.4, 0.5) is 0 Å². The van der Waals surface area contributed by atoms with Gasteiger partial charge in [-0.05, 0) is 12.8 Å². The molecule has 0 radical (unpaired) electrons. The van der Waals surface area contributed by atoms with Gasteiger partial charge in [0, 0.05) is 25.6 Å². The van der Waals surface area contributed by atoms with Crippen LogP contribution in [0.5, 0.6) is 0 Å². The minimum atomic E-state index is -0.223. The maximum absolute atomic E-state index is 12.2. The van der Waals surface area contributed by atoms with E-state index in [0.717, 1.165) is 19.4 Å². The molecule has 0 bridgehead atoms. The number of amides is 1. The van der Waals surface area contributed by atoms with Crippen molar-refractivity contribution in [2.24, 2.45) is 5.73 Å². The second kappa shape index (κ2) is 8.45. The van der Waals surface area contributed by atoms with Gasteiger partial charge in [-0.3, -0.25) is 9.69 Å². The highest BCUT2D eigenvalue weighted by atomic mass is 32.1. The molecule has 2 atom stereocenters. The lowest BCUT2D eigenvalue weighted by Crippen LogP contribution is -2.57. The van der Waals surface area contributed by atoms with Crippen molar-refractivity contribution in [1.29, 1.82) is 0 Å². The summed E-state index contributed by atoms with van der Waals surface area (Å²) in [4.78, 5) is 14.9. The Morgan fingerprint density at radius 1 is 1.58 bits per heavy atom. The number of ether oxygens (including phenoxy) is 1. The average molecular weight is 287 g/mol. The molecule has 0 aromatic carbocycles. The molecule has 1 amide bonds. The van der Waals surface area contributed by atoms with E-state index < -0.39 is 0 Å². The largest absolute Gasteiger partial charge is 0.393 e. The molecular formula is C13H25N3O2S. The van der Waals surface area contributed by atoms with Crippen LogP contribution in [-0.2, 0) is 9.53 Å². The molecule has 19 heavy (non-hydrogen) atoms. The number of rotatable bonds is 7. The fourth-order valence-electron chi connectivity index (χ4n) is 2.37. The Morgan fingerprint density at radius 2 is 2.32 bits per heavy atom. The van der Waals surface area contributed by atoms with E-state index in [1.807, 2.05) is 6.92 Å². The summed E-state index contributed by atoms with van der Waals surface area (Å²) in [6.07, 6.45) is 2.52. The zero-order valence-corrected chi connectivity index (χ0v) is 12.7. The van der Waals surface area contributed by atoms with Crippen LogP contribution in [0.25, 0.3) is 0 Å². The number of nitrogens with two attached hydrogens (primary N) is 1. The molecule has 1 rings (SSSR count). The van der Waals surface area contributed by atoms with Crippen molar-refractivity contribution in [1.82, 2.24) is 10.2 Å². The molecule has 1 saturated heterocycles. The van der Waals surface area contributed by atoms with Crippen LogP contribution < -0.4 is 11.1 Å². The first kappa shape index (κ1) is 16.3. The van der Waals surface area contributed by atoms with Gasteiger partial charge in [-0.25, -0.2) is 0 Å². The molecule has 0 aliphatic carbocycles. The molecule has 2 unspecified atom stereocenters. The quantitative estimate of drug-likeness (QED) is 0.674. The molecule has 1 fully saturated rings. The van der Waals surface area contributed by atoms with Gasteiger partial charge >= 0.3 is 0 Å². The second-order valence-corrected chi connectivity index (χ2v) is 5.38. The number of carbonyl (C=O) groups excluding carboxylic acids is 1. The second-order valence-electron chi connectivity index (χ2n) is 4.85. The van der Waals surface area contributed by atoms with Gasteiger partial charge in [0.05, 0.1) is 18.2 Å². The zero-order valence-electron chi connectivity index (χ0n) is 11.9. The van der Waals surface area contributed by atoms with Crippen LogP contribution in [-0.4, -0.2) is 54.2 Å². The molecule has 0 saturated carbocycles. The smallest absolute Gasteiger partial charge is 0.239 e. The molecule has 6 heteroatoms. The maximum Gasteiger partial charge on any atom is 0.239 e. The van der Waals surface area contributed by atoms with Crippen molar-refractivity contribution in [3.8, 4) is 0 Å². The maximum atomic E-state index is 12.2. The third kappa shape index (κ3) is 5.04. The molecule has 1 aliphatic heterocycles. The van der Waals surface area contributed by atoms with Crippen LogP contribution in [0.15, 0.2) is 0 Å². The van der Waals surface area contributed by atoms with Gasteiger partial charge < -0.3 is 15.8 Å². The normalized spacial score (nSPS) is 21.9. The van der Waals surface area contributed by atoms with Crippen molar-refractivity contribution in [2.75, 3.05) is 26.3 Å². The van der Waals surface area contributed by atoms with Crippen molar-refractivity contribution < 1.29 is 9.53 Å². The lowest BCUT2D eigenvalue weighted by Gasteiger charge is -2.39. The Balaban J connectivity index is 2.69. The third-order valence-corrected chi connectivity index (χ3v) is 3.57. The molecule has 0 aromatic rings. The first-order chi connectivity index (χ1) is 9.10. The summed E-state index contributed by atoms with van der Waals surface area (Å²) in [5.74, 6) is 0.0444. The first-order valence-corrected chi connectivity index (χ1v) is 7.40. The van der Waals surface area contributed by atoms with Crippen LogP contribution in [0.1, 0.15) is 33.1 Å². The summed E-state index contributed by atoms with van der Waals surface area (Å²) in [7, 11) is 0. The average Bonchev–Trinajstić information content (AvgIpc) is 2.42. The Labute approximate surface area is 120 Å². The minimum Gasteiger partial charge on any atom is -0.393 e. The van der Waals surface area contributed by atoms with Crippen LogP contribution in [0, 0.1) is 0 Å². The molecule has 0 aromatic heterocycles. The molecule has 0 spiro atoms. The van der Waals surface area contributed by atoms with E-state index in [9.17, 15) is 4.79 Å². The van der Waals surface area contributed by atoms with Gasteiger partial charge in [0.1, 0.15) is 6.04 Å². The van der Waals surface area contributed by atoms with Gasteiger partial charge in [0.15, 0.2) is 0 Å². The highest BCUT2D eigenvalue weighted by molar-refractivity contribution is 7.80. The molecular weight excluding hydrogens is 262 g/mol. The summed E-state index contributed by atoms with van der Waals surface area (Å²) < 4.78 is 5.45. The van der Waals surface area contributed by atoms with Gasteiger partial charge in [-0.2, -0.15) is 0 Å². The number of nitrogens with one attached hydrogen (secondary N) is 1. The highest BCUT2D eigenvalue weighted by Crippen LogP contribution is 2.17. The van der Waals surface area contributed by atoms with E-state index in [1.54, 1.807) is 0 Å². The van der Waals surface area contributed by atoms with Gasteiger partial charge in [0.25, 0.3) is 0 Å². The minimum absolute atomic E-state index is 0.0444. The lowest BCUT2D eigenvalue weighted by atomic mass is 10.0. The Morgan fingerprint density at radius 3 is 2.89 bits per heavy atom. The van der Waals surface area contributed by atoms with Gasteiger partial charge in [-0.15, -0.1) is 0 Å². The predicted octanol–water partition coefficient (Wildman–Crippen LogP) is 0.668. The molecule has 3 N–H and O–H groups in total. The molecule has 1 heterocycles. The van der Waals surface area contributed by atoms with Crippen LogP contribution in [0.2, 0.25) is 0 Å². The van der Waals surface area contributed by atoms with E-state index in [0.29, 0.717) is 31.2 Å². The van der Waals surface area contributed by atoms with E-state index in [4.69, 9.17) is 22.7 Å². The van der Waals surface area contributed by atoms with Crippen molar-refractivity contribution in [3.05, 3.63) is 0 Å². The van der Waals surface area contributed by atoms with Gasteiger partial charge in [-0.1, -0.05) is 26.1 Å². The summed E-state index contributed by atoms with van der Waals surface area (Å²) in [6.45, 7) is 6.70. The van der Waals surface area contributed by atoms with E-state index in [2.05, 4.69) is 17.1 Å². The third-order valence-electron chi connectivity index (χ3n) is 3.40. The summed E-state index contributed by atoms with van der Waals surface area (Å²) in [5.41, 5.74) is 5.65. The van der Waals surface area contributed by atoms with Crippen molar-refractivity contribution in [3.63, 3.8) is 0 Å². The highest BCUT2D eigenvalue weighted by Gasteiger charge is 2.33. The number of hydrogen-bond donors (Lipinski definition) is 2. The van der Waals surface area contributed by atoms with E-state index in [-0.39, 0.29) is 18.0 Å². The number of morpholine rings is 1. The van der Waals surface area contributed by atoms with Crippen molar-refractivity contribution in [2.45, 2.75) is 45.2 Å². The van der Waals surface area contributed by atoms with Crippen LogP contribution >= 0.6 is 12.2 Å². The predicted molar refractivity (Wildman–Crippen MR) is 80.1 cm³/mol. The Kier molecular flexibility index (Phi) is 7.27. The first-order valence-electron chi connectivity index (χ1n) is 6.99. The number of carbonyl (C=O) groups is 1. The Bertz CT molecular complexity index is 312. The van der Waals surface area contributed by atoms with Crippen molar-refractivity contribution >= 4 is 23.1 Å². The SMILES string of the molecule is CCCNC(=O)C1COCCN1C(CC)CC(N)=S. The summed E-state index contributed by atoms with van der Waals surface area (Å²) in [5, 5.41) is 2.94. The number of hydrogen-bond acceptors (Lipinski definition) is 4. The topological polar surface area (TPSA) is 67.6 Å². The molecule has 1 aliphatic rings. The zero-order chi connectivity index (χ0) is 14.3. The van der Waals surface area contributed by atoms with E-state index in [1.165, 1.54) is 0 Å². The fourth-order valence-corrected chi connectivity index (χ4v) is 2.57. The number of nitrogens with zero attached hydrogens (tertiary/aromatic N) is 1. The Hall–Kier alpha value is -0.720. The molecule has 5 nitrogen and oxygen atoms in total. The van der Waals surface area contributed by atoms with Gasteiger partial charge in [0.2, 0.25) is 5.91 Å². The molecule has 110 valence electrons. The standard InChI is InChI=1S/C13H25N3O2S/c1-3-5-15-13(17)11-9-18-7-6-16(11)10(4-2)8-12(14)19/h10-11H,3-9H2,1-2H3,(H2,14,19)(H,15,17). The summed E-state index contributed by atoms with van der Waals surface area (Å²) >= 11 is 5.00.